The van der Waals surface area contributed by atoms with Crippen LogP contribution < -0.4 is 15.8 Å². The summed E-state index contributed by atoms with van der Waals surface area (Å²) in [6.45, 7) is 2.13. The van der Waals surface area contributed by atoms with Gasteiger partial charge in [0.2, 0.25) is 0 Å². The number of nitrogens with two attached hydrogens (primary N) is 1. The van der Waals surface area contributed by atoms with E-state index in [1.807, 2.05) is 35.0 Å². The summed E-state index contributed by atoms with van der Waals surface area (Å²) in [5.74, 6) is 1.12. The van der Waals surface area contributed by atoms with E-state index in [9.17, 15) is 0 Å². The van der Waals surface area contributed by atoms with Crippen LogP contribution in [0.4, 0.5) is 5.82 Å². The van der Waals surface area contributed by atoms with E-state index in [4.69, 9.17) is 15.2 Å². The minimum atomic E-state index is 0.173. The number of hydrogen-bond acceptors (Lipinski definition) is 7. The lowest BCUT2D eigenvalue weighted by Gasteiger charge is -2.23. The van der Waals surface area contributed by atoms with Crippen molar-refractivity contribution < 1.29 is 9.47 Å². The van der Waals surface area contributed by atoms with Gasteiger partial charge in [0.25, 0.3) is 0 Å². The van der Waals surface area contributed by atoms with Crippen LogP contribution in [0.5, 0.6) is 5.75 Å². The van der Waals surface area contributed by atoms with Crippen LogP contribution in [-0.4, -0.2) is 47.0 Å². The van der Waals surface area contributed by atoms with E-state index in [2.05, 4.69) is 20.6 Å². The van der Waals surface area contributed by atoms with E-state index < -0.39 is 0 Å². The van der Waals surface area contributed by atoms with Gasteiger partial charge < -0.3 is 20.5 Å². The van der Waals surface area contributed by atoms with Gasteiger partial charge in [0.05, 0.1) is 17.3 Å². The molecule has 8 heteroatoms. The smallest absolute Gasteiger partial charge is 0.188 e. The highest BCUT2D eigenvalue weighted by Crippen LogP contribution is 2.32. The Balaban J connectivity index is 1.78. The summed E-state index contributed by atoms with van der Waals surface area (Å²) in [5, 5.41) is 16.6. The van der Waals surface area contributed by atoms with E-state index >= 15 is 0 Å². The van der Waals surface area contributed by atoms with E-state index in [1.165, 1.54) is 0 Å². The number of nitrogen functional groups attached to an aromatic ring is 1. The fourth-order valence-corrected chi connectivity index (χ4v) is 3.34. The maximum Gasteiger partial charge on any atom is 0.188 e. The van der Waals surface area contributed by atoms with Gasteiger partial charge in [0.15, 0.2) is 18.1 Å². The number of benzene rings is 1. The van der Waals surface area contributed by atoms with Crippen LogP contribution in [0.3, 0.4) is 0 Å². The Morgan fingerprint density at radius 3 is 2.85 bits per heavy atom. The van der Waals surface area contributed by atoms with Crippen molar-refractivity contribution >= 4 is 16.9 Å². The molecule has 3 aromatic rings. The molecule has 3 N–H and O–H groups in total. The predicted octanol–water partition coefficient (Wildman–Crippen LogP) is 1.98. The monoisotopic (exact) mass is 354 g/mol. The van der Waals surface area contributed by atoms with Crippen molar-refractivity contribution in [2.75, 3.05) is 32.7 Å². The first-order valence-electron chi connectivity index (χ1n) is 8.71. The number of methoxy groups -OCH3 is 1. The quantitative estimate of drug-likeness (QED) is 0.676. The number of rotatable bonds is 5. The predicted molar refractivity (Wildman–Crippen MR) is 98.8 cm³/mol. The average molecular weight is 354 g/mol. The van der Waals surface area contributed by atoms with Crippen molar-refractivity contribution in [1.29, 1.82) is 0 Å². The van der Waals surface area contributed by atoms with E-state index in [-0.39, 0.29) is 6.79 Å². The number of para-hydroxylation sites is 1. The molecule has 0 amide bonds. The molecule has 1 saturated heterocycles. The third-order valence-corrected chi connectivity index (χ3v) is 4.63. The third kappa shape index (κ3) is 3.09. The fraction of sp³-hybridized carbons (Fsp3) is 0.389. The van der Waals surface area contributed by atoms with Gasteiger partial charge in [-0.1, -0.05) is 12.1 Å². The molecule has 26 heavy (non-hydrogen) atoms. The summed E-state index contributed by atoms with van der Waals surface area (Å²) >= 11 is 0. The zero-order valence-electron chi connectivity index (χ0n) is 14.7. The van der Waals surface area contributed by atoms with Crippen LogP contribution in [0.25, 0.3) is 22.3 Å². The van der Waals surface area contributed by atoms with Crippen molar-refractivity contribution in [1.82, 2.24) is 25.3 Å². The maximum absolute atomic E-state index is 6.08. The molecule has 136 valence electrons. The Hall–Kier alpha value is -2.71. The topological polar surface area (TPSA) is 100 Å². The number of nitrogens with one attached hydrogen (secondary N) is 1. The molecule has 0 aliphatic carbocycles. The zero-order chi connectivity index (χ0) is 17.9. The summed E-state index contributed by atoms with van der Waals surface area (Å²) in [4.78, 5) is 0. The number of fused-ring (bicyclic) bond motifs is 1. The molecule has 1 aliphatic heterocycles. The van der Waals surface area contributed by atoms with Gasteiger partial charge in [-0.25, -0.2) is 0 Å². The largest absolute Gasteiger partial charge is 0.467 e. The molecule has 0 atom stereocenters. The van der Waals surface area contributed by atoms with Crippen LogP contribution >= 0.6 is 0 Å². The van der Waals surface area contributed by atoms with Gasteiger partial charge >= 0.3 is 0 Å². The zero-order valence-corrected chi connectivity index (χ0v) is 14.7. The van der Waals surface area contributed by atoms with Gasteiger partial charge in [-0.15, -0.1) is 10.2 Å². The Kier molecular flexibility index (Phi) is 4.68. The summed E-state index contributed by atoms with van der Waals surface area (Å²) in [7, 11) is 1.59. The van der Waals surface area contributed by atoms with Gasteiger partial charge in [0, 0.05) is 12.7 Å². The second-order valence-electron chi connectivity index (χ2n) is 6.32. The van der Waals surface area contributed by atoms with Crippen LogP contribution in [0.15, 0.2) is 30.3 Å². The molecule has 1 aliphatic rings. The lowest BCUT2D eigenvalue weighted by Crippen LogP contribution is -2.29. The van der Waals surface area contributed by atoms with Crippen molar-refractivity contribution in [2.45, 2.75) is 18.9 Å². The molecule has 0 saturated carbocycles. The number of nitrogens with zero attached hydrogens (tertiary/aromatic N) is 4. The van der Waals surface area contributed by atoms with E-state index in [0.717, 1.165) is 42.7 Å². The molecular formula is C18H22N6O2. The number of anilines is 1. The summed E-state index contributed by atoms with van der Waals surface area (Å²) in [6.07, 6.45) is 2.03. The molecule has 0 spiro atoms. The van der Waals surface area contributed by atoms with Gasteiger partial charge in [-0.05, 0) is 44.1 Å². The minimum Gasteiger partial charge on any atom is -0.467 e. The van der Waals surface area contributed by atoms with Crippen molar-refractivity contribution in [3.05, 3.63) is 30.3 Å². The first-order valence-corrected chi connectivity index (χ1v) is 8.71. The highest BCUT2D eigenvalue weighted by molar-refractivity contribution is 5.87. The van der Waals surface area contributed by atoms with Crippen LogP contribution in [0.2, 0.25) is 0 Å². The molecule has 3 heterocycles. The Bertz CT molecular complexity index is 904. The van der Waals surface area contributed by atoms with Crippen LogP contribution in [0, 0.1) is 0 Å². The molecule has 1 fully saturated rings. The molecule has 8 nitrogen and oxygen atoms in total. The first kappa shape index (κ1) is 16.7. The first-order chi connectivity index (χ1) is 12.8. The van der Waals surface area contributed by atoms with Crippen molar-refractivity contribution in [3.8, 4) is 17.0 Å². The summed E-state index contributed by atoms with van der Waals surface area (Å²) in [6, 6.07) is 10.0. The lowest BCUT2D eigenvalue weighted by atomic mass is 10.1. The van der Waals surface area contributed by atoms with Gasteiger partial charge in [-0.2, -0.15) is 5.10 Å². The van der Waals surface area contributed by atoms with Gasteiger partial charge in [-0.3, -0.25) is 4.68 Å². The fourth-order valence-electron chi connectivity index (χ4n) is 3.34. The molecule has 0 unspecified atom stereocenters. The number of aromatic nitrogens is 4. The number of piperidine rings is 1. The van der Waals surface area contributed by atoms with Crippen LogP contribution in [0.1, 0.15) is 18.9 Å². The minimum absolute atomic E-state index is 0.173. The lowest BCUT2D eigenvalue weighted by molar-refractivity contribution is 0.0515. The summed E-state index contributed by atoms with van der Waals surface area (Å²) < 4.78 is 12.7. The maximum atomic E-state index is 6.08. The molecule has 1 aromatic carbocycles. The van der Waals surface area contributed by atoms with E-state index in [1.54, 1.807) is 7.11 Å². The second-order valence-corrected chi connectivity index (χ2v) is 6.32. The SMILES string of the molecule is COCOc1ccccc1-c1cc2c(nn1)c(N)nn2C1CCNCC1. The van der Waals surface area contributed by atoms with Gasteiger partial charge in [0.1, 0.15) is 5.75 Å². The number of hydrogen-bond donors (Lipinski definition) is 2. The second kappa shape index (κ2) is 7.27. The Morgan fingerprint density at radius 1 is 1.23 bits per heavy atom. The highest BCUT2D eigenvalue weighted by Gasteiger charge is 2.21. The van der Waals surface area contributed by atoms with Crippen molar-refractivity contribution in [3.63, 3.8) is 0 Å². The standard InChI is InChI=1S/C18H22N6O2/c1-25-11-26-16-5-3-2-4-13(16)14-10-15-17(22-21-14)18(19)23-24(15)12-6-8-20-9-7-12/h2-5,10,12,20H,6-9,11H2,1H3,(H2,19,23). The molecule has 2 aromatic heterocycles. The normalized spacial score (nSPS) is 15.4. The molecular weight excluding hydrogens is 332 g/mol. The summed E-state index contributed by atoms with van der Waals surface area (Å²) in [5.41, 5.74) is 9.20. The Morgan fingerprint density at radius 2 is 2.04 bits per heavy atom. The number of ether oxygens (including phenoxy) is 2. The molecule has 4 rings (SSSR count). The van der Waals surface area contributed by atoms with E-state index in [0.29, 0.717) is 23.1 Å². The molecule has 0 radical (unpaired) electrons. The highest BCUT2D eigenvalue weighted by atomic mass is 16.7. The average Bonchev–Trinajstić information content (AvgIpc) is 3.03. The Labute approximate surface area is 151 Å². The molecule has 0 bridgehead atoms. The van der Waals surface area contributed by atoms with Crippen LogP contribution in [-0.2, 0) is 4.74 Å². The van der Waals surface area contributed by atoms with Crippen molar-refractivity contribution in [2.24, 2.45) is 0 Å². The third-order valence-electron chi connectivity index (χ3n) is 4.63.